The monoisotopic (exact) mass is 1010 g/mol. The van der Waals surface area contributed by atoms with Crippen LogP contribution in [0.5, 0.6) is 0 Å². The van der Waals surface area contributed by atoms with Gasteiger partial charge in [0.1, 0.15) is 11.5 Å². The molecule has 4 heteroatoms. The van der Waals surface area contributed by atoms with E-state index >= 15 is 0 Å². The molecule has 0 fully saturated rings. The molecule has 398 valence electrons. The molecule has 0 heterocycles. The largest absolute Gasteiger partial charge is 0.422 e. The van der Waals surface area contributed by atoms with Gasteiger partial charge in [0, 0.05) is 21.9 Å². The molecule has 0 aromatic heterocycles. The highest BCUT2D eigenvalue weighted by Gasteiger charge is 2.30. The third-order valence-corrected chi connectivity index (χ3v) is 16.8. The van der Waals surface area contributed by atoms with E-state index in [1.165, 1.54) is 172 Å². The summed E-state index contributed by atoms with van der Waals surface area (Å²) in [6.45, 7) is 9.08. The normalized spacial score (nSPS) is 12.6. The van der Waals surface area contributed by atoms with Crippen molar-refractivity contribution in [2.24, 2.45) is 0 Å². The SMILES string of the molecule is CCCCCCCCc1ccc2cc3c(CCCCCCCC)cccc3c3c2c1C=C3OC(=O)c1ccccc1C(=O)OC1=Cc2c(CCCCCCCC)ccc3cc4c(CCCCCCCC)cccc4c1c23. The molecule has 7 aromatic rings. The van der Waals surface area contributed by atoms with E-state index in [4.69, 9.17) is 9.47 Å². The van der Waals surface area contributed by atoms with E-state index in [2.05, 4.69) is 113 Å². The molecule has 0 spiro atoms. The Hall–Kier alpha value is -6.00. The predicted molar refractivity (Wildman–Crippen MR) is 324 cm³/mol. The molecule has 0 atom stereocenters. The van der Waals surface area contributed by atoms with Gasteiger partial charge >= 0.3 is 11.9 Å². The Morgan fingerprint density at radius 1 is 0.342 bits per heavy atom. The van der Waals surface area contributed by atoms with Crippen LogP contribution < -0.4 is 0 Å². The third kappa shape index (κ3) is 12.7. The van der Waals surface area contributed by atoms with E-state index in [9.17, 15) is 9.59 Å². The average Bonchev–Trinajstić information content (AvgIpc) is 4.03. The van der Waals surface area contributed by atoms with E-state index in [1.807, 2.05) is 12.1 Å². The molecule has 9 rings (SSSR count). The number of carbonyl (C=O) groups is 2. The van der Waals surface area contributed by atoms with Crippen molar-refractivity contribution < 1.29 is 19.1 Å². The van der Waals surface area contributed by atoms with Crippen LogP contribution in [0.1, 0.15) is 247 Å². The molecule has 7 aromatic carbocycles. The summed E-state index contributed by atoms with van der Waals surface area (Å²) in [6, 6.07) is 34.3. The summed E-state index contributed by atoms with van der Waals surface area (Å²) >= 11 is 0. The van der Waals surface area contributed by atoms with Crippen molar-refractivity contribution in [2.45, 2.75) is 207 Å². The molecule has 0 N–H and O–H groups in total. The van der Waals surface area contributed by atoms with Gasteiger partial charge in [-0.05, 0) is 153 Å². The van der Waals surface area contributed by atoms with Gasteiger partial charge in [-0.15, -0.1) is 0 Å². The minimum atomic E-state index is -0.561. The fraction of sp³-hybridized carbons (Fsp3) is 0.444. The Labute approximate surface area is 455 Å². The quantitative estimate of drug-likeness (QED) is 0.0240. The molecule has 2 aliphatic carbocycles. The van der Waals surface area contributed by atoms with Crippen molar-refractivity contribution in [3.63, 3.8) is 0 Å². The van der Waals surface area contributed by atoms with Crippen LogP contribution in [-0.4, -0.2) is 11.9 Å². The van der Waals surface area contributed by atoms with Crippen LogP contribution in [0.2, 0.25) is 0 Å². The highest BCUT2D eigenvalue weighted by atomic mass is 16.5. The van der Waals surface area contributed by atoms with Crippen molar-refractivity contribution in [1.29, 1.82) is 0 Å². The minimum absolute atomic E-state index is 0.195. The maximum absolute atomic E-state index is 14.9. The first-order valence-electron chi connectivity index (χ1n) is 30.4. The van der Waals surface area contributed by atoms with Crippen molar-refractivity contribution in [3.05, 3.63) is 153 Å². The first kappa shape index (κ1) is 54.8. The smallest absolute Gasteiger partial charge is 0.344 e. The van der Waals surface area contributed by atoms with Crippen molar-refractivity contribution in [1.82, 2.24) is 0 Å². The number of benzene rings is 7. The third-order valence-electron chi connectivity index (χ3n) is 16.8. The minimum Gasteiger partial charge on any atom is -0.422 e. The number of aryl methyl sites for hydroxylation is 4. The molecule has 0 saturated heterocycles. The topological polar surface area (TPSA) is 52.6 Å². The van der Waals surface area contributed by atoms with Crippen LogP contribution in [-0.2, 0) is 35.2 Å². The summed E-state index contributed by atoms with van der Waals surface area (Å²) in [7, 11) is 0. The molecule has 76 heavy (non-hydrogen) atoms. The number of ether oxygens (including phenoxy) is 2. The van der Waals surface area contributed by atoms with Gasteiger partial charge in [0.15, 0.2) is 0 Å². The Morgan fingerprint density at radius 3 is 1.05 bits per heavy atom. The molecule has 0 unspecified atom stereocenters. The standard InChI is InChI=1S/C72H86O4/c1-5-9-13-17-21-25-33-51-37-31-41-57-61(51)47-55-45-43-53(35-27-23-19-15-11-7-3)63-49-65(69(57)67(55)63)75-71(73)59-39-29-30-40-60(59)72(74)76-66-50-64-54(36-28-24-20-16-12-8-4)44-46-56-48-62-52(34-26-22-18-14-10-6-2)38-32-42-58(62)70(66)68(56)64/h29-32,37-50H,5-28,33-36H2,1-4H3. The number of unbranched alkanes of at least 4 members (excludes halogenated alkanes) is 20. The second-order valence-corrected chi connectivity index (χ2v) is 22.4. The lowest BCUT2D eigenvalue weighted by Crippen LogP contribution is -2.13. The maximum atomic E-state index is 14.9. The van der Waals surface area contributed by atoms with Gasteiger partial charge in [-0.2, -0.15) is 0 Å². The fourth-order valence-corrected chi connectivity index (χ4v) is 12.6. The van der Waals surface area contributed by atoms with Crippen LogP contribution in [0.3, 0.4) is 0 Å². The van der Waals surface area contributed by atoms with Crippen molar-refractivity contribution in [3.8, 4) is 0 Å². The zero-order valence-electron chi connectivity index (χ0n) is 46.8. The molecule has 0 saturated carbocycles. The van der Waals surface area contributed by atoms with Crippen LogP contribution >= 0.6 is 0 Å². The lowest BCUT2D eigenvalue weighted by molar-refractivity contribution is 0.0650. The number of hydrogen-bond donors (Lipinski definition) is 0. The van der Waals surface area contributed by atoms with Gasteiger partial charge in [-0.25, -0.2) is 9.59 Å². The number of carbonyl (C=O) groups excluding carboxylic acids is 2. The molecule has 0 aliphatic heterocycles. The lowest BCUT2D eigenvalue weighted by atomic mass is 9.90. The second-order valence-electron chi connectivity index (χ2n) is 22.4. The van der Waals surface area contributed by atoms with Gasteiger partial charge in [-0.3, -0.25) is 0 Å². The Morgan fingerprint density at radius 2 is 0.684 bits per heavy atom. The molecule has 0 radical (unpaired) electrons. The van der Waals surface area contributed by atoms with Gasteiger partial charge in [0.25, 0.3) is 0 Å². The first-order valence-corrected chi connectivity index (χ1v) is 30.4. The van der Waals surface area contributed by atoms with Crippen LogP contribution in [0.15, 0.2) is 97.1 Å². The second kappa shape index (κ2) is 27.4. The predicted octanol–water partition coefficient (Wildman–Crippen LogP) is 21.2. The summed E-state index contributed by atoms with van der Waals surface area (Å²) in [5.41, 5.74) is 9.91. The summed E-state index contributed by atoms with van der Waals surface area (Å²) in [4.78, 5) is 29.8. The zero-order valence-corrected chi connectivity index (χ0v) is 46.8. The van der Waals surface area contributed by atoms with Crippen LogP contribution in [0.25, 0.3) is 66.8 Å². The average molecular weight is 1020 g/mol. The van der Waals surface area contributed by atoms with Crippen molar-refractivity contribution >= 4 is 78.7 Å². The van der Waals surface area contributed by atoms with Crippen LogP contribution in [0.4, 0.5) is 0 Å². The van der Waals surface area contributed by atoms with E-state index in [1.54, 1.807) is 12.1 Å². The summed E-state index contributed by atoms with van der Waals surface area (Å²) in [5.74, 6) is -0.0243. The first-order chi connectivity index (χ1) is 37.4. The summed E-state index contributed by atoms with van der Waals surface area (Å²) < 4.78 is 13.3. The zero-order chi connectivity index (χ0) is 52.6. The van der Waals surface area contributed by atoms with E-state index in [-0.39, 0.29) is 11.1 Å². The molecular formula is C72H86O4. The molecular weight excluding hydrogens is 929 g/mol. The van der Waals surface area contributed by atoms with Crippen molar-refractivity contribution in [2.75, 3.05) is 0 Å². The maximum Gasteiger partial charge on any atom is 0.344 e. The summed E-state index contributed by atoms with van der Waals surface area (Å²) in [5, 5.41) is 9.31. The van der Waals surface area contributed by atoms with Crippen LogP contribution in [0, 0.1) is 0 Å². The number of esters is 2. The van der Waals surface area contributed by atoms with E-state index < -0.39 is 11.9 Å². The Balaban J connectivity index is 1.02. The molecule has 0 bridgehead atoms. The summed E-state index contributed by atoms with van der Waals surface area (Å²) in [6.07, 6.45) is 38.0. The molecule has 4 nitrogen and oxygen atoms in total. The molecule has 2 aliphatic rings. The lowest BCUT2D eigenvalue weighted by Gasteiger charge is -2.16. The fourth-order valence-electron chi connectivity index (χ4n) is 12.6. The van der Waals surface area contributed by atoms with Gasteiger partial charge in [0.2, 0.25) is 0 Å². The molecule has 0 amide bonds. The Kier molecular flexibility index (Phi) is 19.7. The van der Waals surface area contributed by atoms with E-state index in [0.717, 1.165) is 95.2 Å². The number of hydrogen-bond acceptors (Lipinski definition) is 4. The van der Waals surface area contributed by atoms with Gasteiger partial charge in [-0.1, -0.05) is 229 Å². The highest BCUT2D eigenvalue weighted by Crippen LogP contribution is 2.47. The Bertz CT molecular complexity index is 2990. The van der Waals surface area contributed by atoms with Gasteiger partial charge in [0.05, 0.1) is 11.1 Å². The highest BCUT2D eigenvalue weighted by molar-refractivity contribution is 6.21. The van der Waals surface area contributed by atoms with Gasteiger partial charge < -0.3 is 9.47 Å². The number of rotatable bonds is 32. The van der Waals surface area contributed by atoms with E-state index in [0.29, 0.717) is 11.5 Å². The number of fused-ring (bicyclic) bond motifs is 4.